The molecule has 43 heavy (non-hydrogen) atoms. The van der Waals surface area contributed by atoms with Crippen molar-refractivity contribution >= 4 is 30.9 Å². The Morgan fingerprint density at radius 1 is 1.23 bits per heavy atom. The summed E-state index contributed by atoms with van der Waals surface area (Å²) in [6.07, 6.45) is 4.07. The summed E-state index contributed by atoms with van der Waals surface area (Å²) < 4.78 is 26.4. The van der Waals surface area contributed by atoms with Gasteiger partial charge in [-0.05, 0) is 48.8 Å². The van der Waals surface area contributed by atoms with Crippen LogP contribution in [0.3, 0.4) is 0 Å². The highest BCUT2D eigenvalue weighted by molar-refractivity contribution is 6.74. The molecule has 1 fully saturated rings. The molecule has 232 valence electrons. The first-order valence-electron chi connectivity index (χ1n) is 15.0. The predicted molar refractivity (Wildman–Crippen MR) is 168 cm³/mol. The number of methoxy groups -OCH3 is 1. The van der Waals surface area contributed by atoms with E-state index in [1.165, 1.54) is 6.20 Å². The zero-order valence-electron chi connectivity index (χ0n) is 26.2. The van der Waals surface area contributed by atoms with Gasteiger partial charge in [0, 0.05) is 50.5 Å². The number of fused-ring (bicyclic) bond motifs is 3. The van der Waals surface area contributed by atoms with E-state index in [0.29, 0.717) is 54.6 Å². The molecule has 0 radical (unpaired) electrons. The normalized spacial score (nSPS) is 18.0. The lowest BCUT2D eigenvalue weighted by Gasteiger charge is -2.39. The Morgan fingerprint density at radius 3 is 2.81 bits per heavy atom. The SMILES string of the molecule is COc1c(OCCCN2CCOC(CO[Si](C)(C)C(C)(C)C)C2)ccc2c3n(c(=NC(=O)c4cccnc4)nc12)CCN3. The Balaban J connectivity index is 1.25. The zero-order chi connectivity index (χ0) is 30.6. The van der Waals surface area contributed by atoms with E-state index >= 15 is 0 Å². The molecule has 0 spiro atoms. The maximum atomic E-state index is 12.9. The number of carbonyl (C=O) groups is 1. The molecule has 11 nitrogen and oxygen atoms in total. The Morgan fingerprint density at radius 2 is 2.07 bits per heavy atom. The summed E-state index contributed by atoms with van der Waals surface area (Å²) in [5, 5.41) is 4.47. The summed E-state index contributed by atoms with van der Waals surface area (Å²) in [6.45, 7) is 17.3. The summed E-state index contributed by atoms with van der Waals surface area (Å²) in [4.78, 5) is 28.4. The van der Waals surface area contributed by atoms with Crippen LogP contribution in [0.25, 0.3) is 10.9 Å². The Bertz CT molecular complexity index is 1500. The first-order chi connectivity index (χ1) is 20.6. The quantitative estimate of drug-likeness (QED) is 0.269. The molecule has 1 N–H and O–H groups in total. The molecular weight excluding hydrogens is 564 g/mol. The number of morpholine rings is 1. The van der Waals surface area contributed by atoms with Crippen LogP contribution in [-0.4, -0.2) is 92.9 Å². The van der Waals surface area contributed by atoms with Crippen molar-refractivity contribution in [1.82, 2.24) is 19.4 Å². The van der Waals surface area contributed by atoms with Crippen molar-refractivity contribution in [1.29, 1.82) is 0 Å². The lowest BCUT2D eigenvalue weighted by Crippen LogP contribution is -2.48. The van der Waals surface area contributed by atoms with Crippen LogP contribution in [0.1, 0.15) is 37.6 Å². The Kier molecular flexibility index (Phi) is 9.50. The van der Waals surface area contributed by atoms with Crippen LogP contribution in [-0.2, 0) is 15.7 Å². The third-order valence-electron chi connectivity index (χ3n) is 8.55. The molecule has 1 amide bonds. The number of nitrogens with one attached hydrogen (secondary N) is 1. The minimum Gasteiger partial charge on any atom is -0.491 e. The average Bonchev–Trinajstić information content (AvgIpc) is 3.49. The van der Waals surface area contributed by atoms with Gasteiger partial charge in [0.2, 0.25) is 5.62 Å². The highest BCUT2D eigenvalue weighted by Gasteiger charge is 2.38. The number of nitrogens with zero attached hydrogens (tertiary/aromatic N) is 5. The van der Waals surface area contributed by atoms with E-state index in [0.717, 1.165) is 43.8 Å². The van der Waals surface area contributed by atoms with Crippen LogP contribution < -0.4 is 20.4 Å². The second-order valence-corrected chi connectivity index (χ2v) is 17.4. The molecule has 5 rings (SSSR count). The molecule has 2 aliphatic rings. The minimum atomic E-state index is -1.81. The molecule has 12 heteroatoms. The number of hydrogen-bond acceptors (Lipinski definition) is 9. The van der Waals surface area contributed by atoms with Gasteiger partial charge in [-0.15, -0.1) is 0 Å². The van der Waals surface area contributed by atoms with E-state index in [9.17, 15) is 4.79 Å². The van der Waals surface area contributed by atoms with Gasteiger partial charge in [-0.2, -0.15) is 4.99 Å². The number of anilines is 1. The van der Waals surface area contributed by atoms with E-state index in [4.69, 9.17) is 23.6 Å². The fourth-order valence-corrected chi connectivity index (χ4v) is 6.10. The van der Waals surface area contributed by atoms with Crippen molar-refractivity contribution < 1.29 is 23.4 Å². The maximum absolute atomic E-state index is 12.9. The molecule has 0 bridgehead atoms. The summed E-state index contributed by atoms with van der Waals surface area (Å²) >= 11 is 0. The first kappa shape index (κ1) is 31.1. The van der Waals surface area contributed by atoms with Crippen LogP contribution in [0.2, 0.25) is 18.1 Å². The van der Waals surface area contributed by atoms with Crippen molar-refractivity contribution in [3.8, 4) is 11.5 Å². The summed E-state index contributed by atoms with van der Waals surface area (Å²) in [6, 6.07) is 7.30. The highest BCUT2D eigenvalue weighted by Crippen LogP contribution is 2.38. The molecule has 4 heterocycles. The Hall–Kier alpha value is -3.32. The first-order valence-corrected chi connectivity index (χ1v) is 17.9. The number of rotatable bonds is 10. The largest absolute Gasteiger partial charge is 0.491 e. The van der Waals surface area contributed by atoms with Crippen LogP contribution in [0.5, 0.6) is 11.5 Å². The standard InChI is InChI=1S/C31H44N6O5Si/c1-31(2,3)43(5,6)42-21-23-20-36(16-18-40-23)14-8-17-41-25-11-10-24-26(27(25)39-4)34-30(37-15-13-33-28(24)37)35-29(38)22-9-7-12-32-19-22/h7,9-12,19,23,33H,8,13-18,20-21H2,1-6H3. The monoisotopic (exact) mass is 608 g/mol. The lowest BCUT2D eigenvalue weighted by atomic mass is 10.2. The Labute approximate surface area is 254 Å². The molecule has 1 atom stereocenters. The molecule has 0 aliphatic carbocycles. The molecule has 0 saturated carbocycles. The van der Waals surface area contributed by atoms with E-state index < -0.39 is 14.2 Å². The fraction of sp³-hybridized carbons (Fsp3) is 0.548. The summed E-state index contributed by atoms with van der Waals surface area (Å²) in [7, 11) is -0.202. The van der Waals surface area contributed by atoms with E-state index in [1.807, 2.05) is 16.7 Å². The van der Waals surface area contributed by atoms with Gasteiger partial charge in [0.05, 0.1) is 38.6 Å². The lowest BCUT2D eigenvalue weighted by molar-refractivity contribution is -0.0508. The number of aromatic nitrogens is 3. The topological polar surface area (TPSA) is 112 Å². The number of pyridine rings is 1. The number of amides is 1. The van der Waals surface area contributed by atoms with Gasteiger partial charge in [0.1, 0.15) is 11.3 Å². The van der Waals surface area contributed by atoms with Gasteiger partial charge in [0.15, 0.2) is 19.8 Å². The van der Waals surface area contributed by atoms with E-state index in [1.54, 1.807) is 25.4 Å². The van der Waals surface area contributed by atoms with Gasteiger partial charge in [0.25, 0.3) is 5.91 Å². The van der Waals surface area contributed by atoms with E-state index in [-0.39, 0.29) is 11.1 Å². The molecule has 1 aromatic carbocycles. The fourth-order valence-electron chi connectivity index (χ4n) is 5.06. The molecule has 2 aliphatic heterocycles. The van der Waals surface area contributed by atoms with Crippen molar-refractivity contribution in [2.45, 2.75) is 58.0 Å². The van der Waals surface area contributed by atoms with E-state index in [2.05, 4.69) is 54.1 Å². The van der Waals surface area contributed by atoms with Crippen LogP contribution in [0.15, 0.2) is 41.7 Å². The third-order valence-corrected chi connectivity index (χ3v) is 13.1. The smallest absolute Gasteiger partial charge is 0.281 e. The number of carbonyl (C=O) groups excluding carboxylic acids is 1. The average molecular weight is 609 g/mol. The van der Waals surface area contributed by atoms with Gasteiger partial charge in [-0.3, -0.25) is 19.2 Å². The van der Waals surface area contributed by atoms with Crippen molar-refractivity contribution in [2.75, 3.05) is 58.4 Å². The highest BCUT2D eigenvalue weighted by atomic mass is 28.4. The number of benzene rings is 1. The molecule has 1 unspecified atom stereocenters. The number of hydrogen-bond donors (Lipinski definition) is 1. The molecular formula is C31H44N6O5Si. The van der Waals surface area contributed by atoms with Crippen molar-refractivity contribution in [3.63, 3.8) is 0 Å². The third kappa shape index (κ3) is 7.09. The van der Waals surface area contributed by atoms with Crippen LogP contribution in [0, 0.1) is 0 Å². The van der Waals surface area contributed by atoms with Crippen molar-refractivity contribution in [3.05, 3.63) is 47.8 Å². The van der Waals surface area contributed by atoms with Gasteiger partial charge < -0.3 is 24.0 Å². The molecule has 1 saturated heterocycles. The second kappa shape index (κ2) is 13.1. The minimum absolute atomic E-state index is 0.0910. The zero-order valence-corrected chi connectivity index (χ0v) is 27.2. The van der Waals surface area contributed by atoms with Crippen LogP contribution >= 0.6 is 0 Å². The second-order valence-electron chi connectivity index (χ2n) is 12.6. The van der Waals surface area contributed by atoms with Crippen LogP contribution in [0.4, 0.5) is 5.82 Å². The molecule has 2 aromatic heterocycles. The predicted octanol–water partition coefficient (Wildman–Crippen LogP) is 4.10. The summed E-state index contributed by atoms with van der Waals surface area (Å²) in [5.41, 5.74) is 1.32. The van der Waals surface area contributed by atoms with Crippen molar-refractivity contribution in [2.24, 2.45) is 4.99 Å². The molecule has 3 aromatic rings. The van der Waals surface area contributed by atoms with Gasteiger partial charge in [-0.1, -0.05) is 20.8 Å². The summed E-state index contributed by atoms with van der Waals surface area (Å²) in [5.74, 6) is 1.59. The number of ether oxygens (including phenoxy) is 3. The maximum Gasteiger partial charge on any atom is 0.281 e. The van der Waals surface area contributed by atoms with Gasteiger partial charge in [-0.25, -0.2) is 4.98 Å². The van der Waals surface area contributed by atoms with Gasteiger partial charge >= 0.3 is 0 Å².